The lowest BCUT2D eigenvalue weighted by Crippen LogP contribution is -2.25. The molecule has 4 heteroatoms. The van der Waals surface area contributed by atoms with Crippen molar-refractivity contribution in [2.45, 2.75) is 13.3 Å². The first-order valence-corrected chi connectivity index (χ1v) is 6.46. The Bertz CT molecular complexity index is 419. The molecule has 1 unspecified atom stereocenters. The van der Waals surface area contributed by atoms with Gasteiger partial charge in [-0.3, -0.25) is 4.79 Å². The fourth-order valence-electron chi connectivity index (χ4n) is 2.10. The lowest BCUT2D eigenvalue weighted by Gasteiger charge is -2.19. The van der Waals surface area contributed by atoms with Crippen LogP contribution in [0.4, 0.5) is 11.4 Å². The van der Waals surface area contributed by atoms with E-state index >= 15 is 0 Å². The van der Waals surface area contributed by atoms with Crippen LogP contribution in [0.3, 0.4) is 0 Å². The molecule has 1 aromatic rings. The third-order valence-corrected chi connectivity index (χ3v) is 3.85. The van der Waals surface area contributed by atoms with Gasteiger partial charge in [-0.1, -0.05) is 15.9 Å². The van der Waals surface area contributed by atoms with Gasteiger partial charge in [0.15, 0.2) is 0 Å². The molecule has 1 amide bonds. The van der Waals surface area contributed by atoms with Gasteiger partial charge in [-0.25, -0.2) is 0 Å². The third kappa shape index (κ3) is 2.07. The molecule has 2 N–H and O–H groups in total. The Kier molecular flexibility index (Phi) is 3.19. The van der Waals surface area contributed by atoms with Gasteiger partial charge in [-0.15, -0.1) is 0 Å². The van der Waals surface area contributed by atoms with Crippen molar-refractivity contribution in [3.8, 4) is 0 Å². The van der Waals surface area contributed by atoms with Crippen LogP contribution < -0.4 is 10.6 Å². The van der Waals surface area contributed by atoms with Crippen LogP contribution in [-0.4, -0.2) is 17.8 Å². The summed E-state index contributed by atoms with van der Waals surface area (Å²) in [5.41, 5.74) is 8.49. The van der Waals surface area contributed by atoms with E-state index in [2.05, 4.69) is 15.9 Å². The van der Waals surface area contributed by atoms with E-state index in [1.807, 2.05) is 30.0 Å². The van der Waals surface area contributed by atoms with Crippen LogP contribution in [0.1, 0.15) is 12.0 Å². The molecule has 0 aliphatic carbocycles. The number of benzene rings is 1. The first-order valence-electron chi connectivity index (χ1n) is 5.34. The predicted octanol–water partition coefficient (Wildman–Crippen LogP) is 2.33. The molecule has 1 aromatic carbocycles. The van der Waals surface area contributed by atoms with E-state index in [4.69, 9.17) is 5.73 Å². The van der Waals surface area contributed by atoms with Crippen LogP contribution in [0, 0.1) is 12.8 Å². The van der Waals surface area contributed by atoms with Gasteiger partial charge in [-0.2, -0.15) is 0 Å². The average Bonchev–Trinajstić information content (AvgIpc) is 2.60. The number of nitrogen functional groups attached to an aromatic ring is 1. The van der Waals surface area contributed by atoms with E-state index in [-0.39, 0.29) is 5.91 Å². The van der Waals surface area contributed by atoms with Crippen LogP contribution in [0.5, 0.6) is 0 Å². The number of carbonyl (C=O) groups is 1. The quantitative estimate of drug-likeness (QED) is 0.669. The highest BCUT2D eigenvalue weighted by Crippen LogP contribution is 2.29. The molecule has 0 saturated carbocycles. The molecule has 2 rings (SSSR count). The molecule has 1 aliphatic rings. The summed E-state index contributed by atoms with van der Waals surface area (Å²) >= 11 is 3.43. The molecule has 16 heavy (non-hydrogen) atoms. The lowest BCUT2D eigenvalue weighted by atomic mass is 10.1. The van der Waals surface area contributed by atoms with Crippen LogP contribution in [-0.2, 0) is 4.79 Å². The predicted molar refractivity (Wildman–Crippen MR) is 69.8 cm³/mol. The topological polar surface area (TPSA) is 46.3 Å². The Labute approximate surface area is 104 Å². The molecule has 0 spiro atoms. The number of halogens is 1. The largest absolute Gasteiger partial charge is 0.399 e. The summed E-state index contributed by atoms with van der Waals surface area (Å²) in [4.78, 5) is 13.7. The van der Waals surface area contributed by atoms with E-state index in [9.17, 15) is 4.79 Å². The fourth-order valence-corrected chi connectivity index (χ4v) is 2.53. The minimum absolute atomic E-state index is 0.206. The van der Waals surface area contributed by atoms with Gasteiger partial charge < -0.3 is 10.6 Å². The molecule has 1 aliphatic heterocycles. The monoisotopic (exact) mass is 282 g/mol. The Balaban J connectivity index is 2.28. The summed E-state index contributed by atoms with van der Waals surface area (Å²) in [5.74, 6) is 0.627. The number of aryl methyl sites for hydroxylation is 1. The number of amides is 1. The maximum Gasteiger partial charge on any atom is 0.227 e. The molecule has 86 valence electrons. The number of nitrogens with zero attached hydrogens (tertiary/aromatic N) is 1. The number of hydrogen-bond acceptors (Lipinski definition) is 2. The lowest BCUT2D eigenvalue weighted by molar-refractivity contribution is -0.117. The summed E-state index contributed by atoms with van der Waals surface area (Å²) in [7, 11) is 0. The van der Waals surface area contributed by atoms with Crippen molar-refractivity contribution in [2.24, 2.45) is 5.92 Å². The van der Waals surface area contributed by atoms with Gasteiger partial charge in [0.1, 0.15) is 0 Å². The molecule has 1 fully saturated rings. The van der Waals surface area contributed by atoms with E-state index in [1.54, 1.807) is 0 Å². The van der Waals surface area contributed by atoms with Crippen LogP contribution in [0.15, 0.2) is 18.2 Å². The second kappa shape index (κ2) is 4.45. The summed E-state index contributed by atoms with van der Waals surface area (Å²) in [6.07, 6.45) is 0.634. The van der Waals surface area contributed by atoms with E-state index in [0.29, 0.717) is 12.3 Å². The number of carbonyl (C=O) groups excluding carboxylic acids is 1. The fraction of sp³-hybridized carbons (Fsp3) is 0.417. The molecular weight excluding hydrogens is 268 g/mol. The van der Waals surface area contributed by atoms with Gasteiger partial charge >= 0.3 is 0 Å². The van der Waals surface area contributed by atoms with E-state index < -0.39 is 0 Å². The SMILES string of the molecule is Cc1cc(N)ccc1N1CC(CBr)CC1=O. The van der Waals surface area contributed by atoms with Gasteiger partial charge in [0, 0.05) is 29.7 Å². The Morgan fingerprint density at radius 1 is 1.56 bits per heavy atom. The van der Waals surface area contributed by atoms with Crippen molar-refractivity contribution in [1.29, 1.82) is 0 Å². The molecular formula is C12H15BrN2O. The summed E-state index contributed by atoms with van der Waals surface area (Å²) in [6, 6.07) is 5.68. The first kappa shape index (κ1) is 11.5. The maximum absolute atomic E-state index is 11.9. The molecule has 0 aromatic heterocycles. The Hall–Kier alpha value is -1.03. The number of rotatable bonds is 2. The second-order valence-corrected chi connectivity index (χ2v) is 4.92. The van der Waals surface area contributed by atoms with Crippen LogP contribution in [0.25, 0.3) is 0 Å². The molecule has 1 saturated heterocycles. The number of hydrogen-bond donors (Lipinski definition) is 1. The average molecular weight is 283 g/mol. The van der Waals surface area contributed by atoms with Crippen molar-refractivity contribution in [1.82, 2.24) is 0 Å². The second-order valence-electron chi connectivity index (χ2n) is 4.27. The molecule has 0 radical (unpaired) electrons. The standard InChI is InChI=1S/C12H15BrN2O/c1-8-4-10(14)2-3-11(8)15-7-9(6-13)5-12(15)16/h2-4,9H,5-7,14H2,1H3. The highest BCUT2D eigenvalue weighted by atomic mass is 79.9. The number of anilines is 2. The minimum atomic E-state index is 0.206. The van der Waals surface area contributed by atoms with Gasteiger partial charge in [0.05, 0.1) is 0 Å². The van der Waals surface area contributed by atoms with Gasteiger partial charge in [0.25, 0.3) is 0 Å². The molecule has 3 nitrogen and oxygen atoms in total. The maximum atomic E-state index is 11.9. The third-order valence-electron chi connectivity index (χ3n) is 2.93. The van der Waals surface area contributed by atoms with E-state index in [0.717, 1.165) is 28.8 Å². The molecule has 1 heterocycles. The normalized spacial score (nSPS) is 20.5. The van der Waals surface area contributed by atoms with Gasteiger partial charge in [0.2, 0.25) is 5.91 Å². The zero-order chi connectivity index (χ0) is 11.7. The molecule has 1 atom stereocenters. The number of alkyl halides is 1. The van der Waals surface area contributed by atoms with Crippen molar-refractivity contribution in [2.75, 3.05) is 22.5 Å². The van der Waals surface area contributed by atoms with Crippen molar-refractivity contribution >= 4 is 33.2 Å². The van der Waals surface area contributed by atoms with Crippen molar-refractivity contribution in [3.05, 3.63) is 23.8 Å². The summed E-state index contributed by atoms with van der Waals surface area (Å²) in [6.45, 7) is 2.79. The molecule has 0 bridgehead atoms. The van der Waals surface area contributed by atoms with Crippen molar-refractivity contribution in [3.63, 3.8) is 0 Å². The van der Waals surface area contributed by atoms with Crippen LogP contribution in [0.2, 0.25) is 0 Å². The smallest absolute Gasteiger partial charge is 0.227 e. The van der Waals surface area contributed by atoms with Crippen molar-refractivity contribution < 1.29 is 4.79 Å². The van der Waals surface area contributed by atoms with Crippen LogP contribution >= 0.6 is 15.9 Å². The first-order chi connectivity index (χ1) is 7.61. The highest BCUT2D eigenvalue weighted by molar-refractivity contribution is 9.09. The summed E-state index contributed by atoms with van der Waals surface area (Å²) in [5, 5.41) is 0.878. The zero-order valence-electron chi connectivity index (χ0n) is 9.24. The zero-order valence-corrected chi connectivity index (χ0v) is 10.8. The van der Waals surface area contributed by atoms with Gasteiger partial charge in [-0.05, 0) is 36.6 Å². The van der Waals surface area contributed by atoms with E-state index in [1.165, 1.54) is 0 Å². The number of nitrogens with two attached hydrogens (primary N) is 1. The Morgan fingerprint density at radius 2 is 2.31 bits per heavy atom. The highest BCUT2D eigenvalue weighted by Gasteiger charge is 2.30. The minimum Gasteiger partial charge on any atom is -0.399 e. The Morgan fingerprint density at radius 3 is 2.88 bits per heavy atom. The summed E-state index contributed by atoms with van der Waals surface area (Å²) < 4.78 is 0.